The molecule has 14 heteroatoms. The Kier molecular flexibility index (Phi) is 8.14. The fourth-order valence-corrected chi connectivity index (χ4v) is 4.88. The van der Waals surface area contributed by atoms with Gasteiger partial charge in [0.05, 0.1) is 28.5 Å². The zero-order valence-electron chi connectivity index (χ0n) is 20.1. The standard InChI is InChI=1S/C25H17F10N3S/c1-3-5-6-8(4-2)7-9-10(11-13(26)17(30)21(34)18(31)14(11)27)24-25(38-39-37-24)23(36-9)12-15(28)19(32)22(35)20(33)16(12)29/h8H,3-7H2,1-2H3. The molecule has 0 saturated carbocycles. The Labute approximate surface area is 218 Å². The van der Waals surface area contributed by atoms with Crippen LogP contribution < -0.4 is 0 Å². The van der Waals surface area contributed by atoms with Crippen molar-refractivity contribution >= 4 is 22.8 Å². The van der Waals surface area contributed by atoms with E-state index in [4.69, 9.17) is 0 Å². The van der Waals surface area contributed by atoms with Crippen LogP contribution in [-0.4, -0.2) is 13.7 Å². The molecule has 4 aromatic rings. The third kappa shape index (κ3) is 4.72. The molecule has 1 atom stereocenters. The maximum atomic E-state index is 15.0. The van der Waals surface area contributed by atoms with Crippen LogP contribution in [0, 0.1) is 64.1 Å². The summed E-state index contributed by atoms with van der Waals surface area (Å²) in [7, 11) is 0. The summed E-state index contributed by atoms with van der Waals surface area (Å²) in [6, 6.07) is 0. The van der Waals surface area contributed by atoms with Crippen LogP contribution in [0.1, 0.15) is 45.2 Å². The van der Waals surface area contributed by atoms with E-state index in [0.717, 1.165) is 6.42 Å². The Morgan fingerprint density at radius 3 is 1.54 bits per heavy atom. The van der Waals surface area contributed by atoms with E-state index in [1.807, 2.05) is 6.92 Å². The van der Waals surface area contributed by atoms with Crippen LogP contribution in [0.25, 0.3) is 33.4 Å². The molecule has 39 heavy (non-hydrogen) atoms. The summed E-state index contributed by atoms with van der Waals surface area (Å²) < 4.78 is 151. The summed E-state index contributed by atoms with van der Waals surface area (Å²) in [5, 5.41) is 0. The molecular weight excluding hydrogens is 564 g/mol. The van der Waals surface area contributed by atoms with E-state index < -0.39 is 97.3 Å². The highest BCUT2D eigenvalue weighted by Gasteiger charge is 2.34. The van der Waals surface area contributed by atoms with E-state index in [2.05, 4.69) is 13.7 Å². The van der Waals surface area contributed by atoms with Gasteiger partial charge in [0.25, 0.3) is 0 Å². The molecular formula is C25H17F10N3S. The molecule has 2 aromatic heterocycles. The molecule has 0 saturated heterocycles. The first kappa shape index (κ1) is 28.7. The van der Waals surface area contributed by atoms with Crippen LogP contribution in [-0.2, 0) is 6.42 Å². The average Bonchev–Trinajstić information content (AvgIpc) is 3.42. The van der Waals surface area contributed by atoms with Crippen molar-refractivity contribution < 1.29 is 43.9 Å². The van der Waals surface area contributed by atoms with Crippen LogP contribution >= 0.6 is 11.7 Å². The average molecular weight is 581 g/mol. The SMILES string of the molecule is CCCCC(CC)Cc1nc(-c2c(F)c(F)c(F)c(F)c2F)c2nsnc2c1-c1c(F)c(F)c(F)c(F)c1F. The van der Waals surface area contributed by atoms with Crippen molar-refractivity contribution in [3.8, 4) is 22.4 Å². The van der Waals surface area contributed by atoms with Gasteiger partial charge in [-0.1, -0.05) is 39.5 Å². The molecule has 3 nitrogen and oxygen atoms in total. The summed E-state index contributed by atoms with van der Waals surface area (Å²) >= 11 is 0.311. The highest BCUT2D eigenvalue weighted by atomic mass is 32.1. The molecule has 0 N–H and O–H groups in total. The smallest absolute Gasteiger partial charge is 0.200 e. The van der Waals surface area contributed by atoms with Gasteiger partial charge in [-0.25, -0.2) is 48.9 Å². The van der Waals surface area contributed by atoms with Gasteiger partial charge in [0.15, 0.2) is 46.5 Å². The van der Waals surface area contributed by atoms with Crippen LogP contribution in [0.5, 0.6) is 0 Å². The van der Waals surface area contributed by atoms with Crippen molar-refractivity contribution in [3.63, 3.8) is 0 Å². The molecule has 0 aliphatic heterocycles. The quantitative estimate of drug-likeness (QED) is 0.119. The van der Waals surface area contributed by atoms with Crippen molar-refractivity contribution in [1.29, 1.82) is 0 Å². The second kappa shape index (κ2) is 11.1. The molecule has 2 aromatic carbocycles. The molecule has 4 rings (SSSR count). The fraction of sp³-hybridized carbons (Fsp3) is 0.320. The van der Waals surface area contributed by atoms with Gasteiger partial charge in [-0.3, -0.25) is 0 Å². The highest BCUT2D eigenvalue weighted by molar-refractivity contribution is 7.00. The summed E-state index contributed by atoms with van der Waals surface area (Å²) in [4.78, 5) is 4.01. The number of pyridine rings is 1. The first-order valence-corrected chi connectivity index (χ1v) is 12.4. The fourth-order valence-electron chi connectivity index (χ4n) is 4.33. The summed E-state index contributed by atoms with van der Waals surface area (Å²) in [5.74, 6) is -23.1. The van der Waals surface area contributed by atoms with E-state index >= 15 is 0 Å². The van der Waals surface area contributed by atoms with E-state index in [1.54, 1.807) is 6.92 Å². The first-order chi connectivity index (χ1) is 18.5. The highest BCUT2D eigenvalue weighted by Crippen LogP contribution is 2.42. The first-order valence-electron chi connectivity index (χ1n) is 11.6. The number of hydrogen-bond donors (Lipinski definition) is 0. The van der Waals surface area contributed by atoms with Crippen LogP contribution in [0.15, 0.2) is 0 Å². The van der Waals surface area contributed by atoms with E-state index in [1.165, 1.54) is 0 Å². The van der Waals surface area contributed by atoms with Gasteiger partial charge in [0, 0.05) is 5.56 Å². The Morgan fingerprint density at radius 2 is 1.05 bits per heavy atom. The van der Waals surface area contributed by atoms with Crippen LogP contribution in [0.2, 0.25) is 0 Å². The number of rotatable bonds is 8. The second-order valence-electron chi connectivity index (χ2n) is 8.75. The van der Waals surface area contributed by atoms with Crippen molar-refractivity contribution in [1.82, 2.24) is 13.7 Å². The third-order valence-corrected chi connectivity index (χ3v) is 6.95. The maximum Gasteiger partial charge on any atom is 0.200 e. The zero-order valence-corrected chi connectivity index (χ0v) is 21.0. The molecule has 0 aliphatic rings. The van der Waals surface area contributed by atoms with E-state index in [0.29, 0.717) is 31.0 Å². The van der Waals surface area contributed by atoms with Gasteiger partial charge in [-0.15, -0.1) is 0 Å². The van der Waals surface area contributed by atoms with Gasteiger partial charge in [-0.05, 0) is 12.3 Å². The topological polar surface area (TPSA) is 38.7 Å². The maximum absolute atomic E-state index is 15.0. The van der Waals surface area contributed by atoms with Crippen molar-refractivity contribution in [3.05, 3.63) is 63.9 Å². The Hall–Kier alpha value is -3.29. The lowest BCUT2D eigenvalue weighted by Gasteiger charge is -2.19. The van der Waals surface area contributed by atoms with Crippen molar-refractivity contribution in [2.75, 3.05) is 0 Å². The predicted octanol–water partition coefficient (Wildman–Crippen LogP) is 8.57. The molecule has 2 heterocycles. The van der Waals surface area contributed by atoms with Crippen molar-refractivity contribution in [2.24, 2.45) is 5.92 Å². The summed E-state index contributed by atoms with van der Waals surface area (Å²) in [6.45, 7) is 3.64. The molecule has 0 radical (unpaired) electrons. The lowest BCUT2D eigenvalue weighted by atomic mass is 9.89. The largest absolute Gasteiger partial charge is 0.249 e. The van der Waals surface area contributed by atoms with E-state index in [9.17, 15) is 43.9 Å². The number of hydrogen-bond acceptors (Lipinski definition) is 4. The number of benzene rings is 2. The lowest BCUT2D eigenvalue weighted by molar-refractivity contribution is 0.380. The molecule has 208 valence electrons. The van der Waals surface area contributed by atoms with Crippen molar-refractivity contribution in [2.45, 2.75) is 46.0 Å². The Morgan fingerprint density at radius 1 is 0.590 bits per heavy atom. The minimum absolute atomic E-state index is 0.207. The number of halogens is 10. The van der Waals surface area contributed by atoms with E-state index in [-0.39, 0.29) is 12.3 Å². The van der Waals surface area contributed by atoms with Gasteiger partial charge in [0.2, 0.25) is 11.6 Å². The van der Waals surface area contributed by atoms with Gasteiger partial charge in [0.1, 0.15) is 16.7 Å². The number of nitrogens with zero attached hydrogens (tertiary/aromatic N) is 3. The summed E-state index contributed by atoms with van der Waals surface area (Å²) in [6.07, 6.45) is 2.20. The molecule has 0 amide bonds. The van der Waals surface area contributed by atoms with Gasteiger partial charge >= 0.3 is 0 Å². The molecule has 0 fully saturated rings. The zero-order chi connectivity index (χ0) is 28.8. The number of unbranched alkanes of at least 4 members (excludes halogenated alkanes) is 1. The Balaban J connectivity index is 2.15. The monoisotopic (exact) mass is 581 g/mol. The van der Waals surface area contributed by atoms with Crippen LogP contribution in [0.3, 0.4) is 0 Å². The van der Waals surface area contributed by atoms with Gasteiger partial charge in [-0.2, -0.15) is 8.75 Å². The normalized spacial score (nSPS) is 12.5. The number of aromatic nitrogens is 3. The predicted molar refractivity (Wildman–Crippen MR) is 123 cm³/mol. The molecule has 1 unspecified atom stereocenters. The minimum Gasteiger partial charge on any atom is -0.249 e. The molecule has 0 bridgehead atoms. The second-order valence-corrected chi connectivity index (χ2v) is 9.28. The van der Waals surface area contributed by atoms with Crippen LogP contribution in [0.4, 0.5) is 43.9 Å². The molecule has 0 aliphatic carbocycles. The lowest BCUT2D eigenvalue weighted by Crippen LogP contribution is -2.12. The third-order valence-electron chi connectivity index (χ3n) is 6.42. The molecule has 0 spiro atoms. The van der Waals surface area contributed by atoms with Gasteiger partial charge < -0.3 is 0 Å². The minimum atomic E-state index is -2.43. The summed E-state index contributed by atoms with van der Waals surface area (Å²) in [5.41, 5.74) is -6.12. The Bertz CT molecular complexity index is 1530. The number of fused-ring (bicyclic) bond motifs is 1.